The molecule has 0 aromatic heterocycles. The van der Waals surface area contributed by atoms with Crippen molar-refractivity contribution in [2.75, 3.05) is 6.54 Å². The van der Waals surface area contributed by atoms with Gasteiger partial charge in [-0.3, -0.25) is 4.79 Å². The number of carbonyl (C=O) groups is 1. The molecule has 0 saturated heterocycles. The number of ether oxygens (including phenoxy) is 1. The van der Waals surface area contributed by atoms with Crippen LogP contribution < -0.4 is 4.74 Å². The Morgan fingerprint density at radius 1 is 1.19 bits per heavy atom. The number of rotatable bonds is 5. The largest absolute Gasteiger partial charge is 0.489 e. The maximum absolute atomic E-state index is 14.3. The number of aryl methyl sites for hydroxylation is 1. The van der Waals surface area contributed by atoms with Crippen molar-refractivity contribution in [2.24, 2.45) is 11.3 Å². The summed E-state index contributed by atoms with van der Waals surface area (Å²) in [5.41, 5.74) is 2.53. The van der Waals surface area contributed by atoms with Gasteiger partial charge in [-0.1, -0.05) is 46.8 Å². The predicted molar refractivity (Wildman–Crippen MR) is 119 cm³/mol. The number of halogens is 2. The third-order valence-electron chi connectivity index (χ3n) is 5.79. The molecule has 5 heteroatoms. The van der Waals surface area contributed by atoms with Crippen molar-refractivity contribution >= 4 is 5.91 Å². The molecule has 0 saturated carbocycles. The molecule has 1 heterocycles. The third kappa shape index (κ3) is 5.25. The van der Waals surface area contributed by atoms with Gasteiger partial charge in [0.1, 0.15) is 24.0 Å². The summed E-state index contributed by atoms with van der Waals surface area (Å²) in [6, 6.07) is 8.47. The highest BCUT2D eigenvalue weighted by Crippen LogP contribution is 2.38. The number of carbonyl (C=O) groups excluding carboxylic acids is 1. The highest BCUT2D eigenvalue weighted by Gasteiger charge is 2.34. The van der Waals surface area contributed by atoms with Crippen molar-refractivity contribution in [1.82, 2.24) is 4.90 Å². The zero-order chi connectivity index (χ0) is 22.9. The quantitative estimate of drug-likeness (QED) is 0.553. The van der Waals surface area contributed by atoms with Crippen LogP contribution in [0.1, 0.15) is 69.3 Å². The zero-order valence-corrected chi connectivity index (χ0v) is 19.4. The van der Waals surface area contributed by atoms with Crippen LogP contribution in [0.25, 0.3) is 0 Å². The van der Waals surface area contributed by atoms with E-state index in [1.165, 1.54) is 12.1 Å². The molecule has 3 nitrogen and oxygen atoms in total. The van der Waals surface area contributed by atoms with Gasteiger partial charge in [0.05, 0.1) is 11.6 Å². The molecule has 0 spiro atoms. The zero-order valence-electron chi connectivity index (χ0n) is 19.4. The molecule has 168 valence electrons. The van der Waals surface area contributed by atoms with E-state index in [9.17, 15) is 13.6 Å². The Labute approximate surface area is 184 Å². The number of fused-ring (bicyclic) bond motifs is 1. The van der Waals surface area contributed by atoms with Crippen LogP contribution in [0.2, 0.25) is 0 Å². The van der Waals surface area contributed by atoms with Gasteiger partial charge >= 0.3 is 0 Å². The van der Waals surface area contributed by atoms with Crippen LogP contribution in [-0.4, -0.2) is 17.4 Å². The lowest BCUT2D eigenvalue weighted by atomic mass is 9.84. The second kappa shape index (κ2) is 8.97. The summed E-state index contributed by atoms with van der Waals surface area (Å²) < 4.78 is 34.0. The molecule has 1 aliphatic rings. The van der Waals surface area contributed by atoms with Gasteiger partial charge in [-0.15, -0.1) is 0 Å². The van der Waals surface area contributed by atoms with Gasteiger partial charge < -0.3 is 9.64 Å². The summed E-state index contributed by atoms with van der Waals surface area (Å²) in [7, 11) is 0. The molecule has 1 unspecified atom stereocenters. The van der Waals surface area contributed by atoms with E-state index in [-0.39, 0.29) is 35.5 Å². The number of amides is 1. The molecule has 0 fully saturated rings. The molecule has 0 bridgehead atoms. The van der Waals surface area contributed by atoms with Gasteiger partial charge in [-0.05, 0) is 59.6 Å². The maximum atomic E-state index is 14.3. The number of benzene rings is 2. The first kappa shape index (κ1) is 23.2. The molecule has 1 atom stereocenters. The van der Waals surface area contributed by atoms with Crippen LogP contribution >= 0.6 is 0 Å². The Kier molecular flexibility index (Phi) is 6.73. The fraction of sp³-hybridized carbons (Fsp3) is 0.500. The number of hydrogen-bond acceptors (Lipinski definition) is 2. The first-order valence-electron chi connectivity index (χ1n) is 11.0. The molecule has 1 amide bonds. The average molecular weight is 430 g/mol. The van der Waals surface area contributed by atoms with Crippen molar-refractivity contribution in [2.45, 2.75) is 67.0 Å². The van der Waals surface area contributed by atoms with Gasteiger partial charge in [0.2, 0.25) is 5.91 Å². The lowest BCUT2D eigenvalue weighted by Crippen LogP contribution is -2.43. The predicted octanol–water partition coefficient (Wildman–Crippen LogP) is 6.37. The maximum Gasteiger partial charge on any atom is 0.223 e. The Morgan fingerprint density at radius 3 is 2.55 bits per heavy atom. The van der Waals surface area contributed by atoms with E-state index >= 15 is 0 Å². The Hall–Kier alpha value is -2.43. The van der Waals surface area contributed by atoms with Crippen LogP contribution in [0.15, 0.2) is 30.3 Å². The molecular formula is C26H33F2NO2. The summed E-state index contributed by atoms with van der Waals surface area (Å²) >= 11 is 0. The third-order valence-corrected chi connectivity index (χ3v) is 5.79. The van der Waals surface area contributed by atoms with E-state index in [1.54, 1.807) is 6.92 Å². The van der Waals surface area contributed by atoms with Crippen LogP contribution in [0.4, 0.5) is 8.78 Å². The monoisotopic (exact) mass is 429 g/mol. The minimum Gasteiger partial charge on any atom is -0.489 e. The summed E-state index contributed by atoms with van der Waals surface area (Å²) in [5.74, 6) is -0.136. The van der Waals surface area contributed by atoms with Gasteiger partial charge in [-0.2, -0.15) is 0 Å². The second-order valence-electron chi connectivity index (χ2n) is 10.1. The van der Waals surface area contributed by atoms with Gasteiger partial charge in [0.25, 0.3) is 0 Å². The Morgan fingerprint density at radius 2 is 1.90 bits per heavy atom. The van der Waals surface area contributed by atoms with Crippen LogP contribution in [-0.2, 0) is 17.8 Å². The molecule has 1 aliphatic heterocycles. The normalized spacial score (nSPS) is 16.4. The van der Waals surface area contributed by atoms with Crippen molar-refractivity contribution < 1.29 is 18.3 Å². The molecule has 2 aromatic rings. The number of nitrogens with zero attached hydrogens (tertiary/aromatic N) is 1. The lowest BCUT2D eigenvalue weighted by molar-refractivity contribution is -0.137. The highest BCUT2D eigenvalue weighted by atomic mass is 19.1. The summed E-state index contributed by atoms with van der Waals surface area (Å²) in [6.45, 7) is 12.6. The van der Waals surface area contributed by atoms with Gasteiger partial charge in [0, 0.05) is 13.0 Å². The number of hydrogen-bond donors (Lipinski definition) is 0. The first-order valence-corrected chi connectivity index (χ1v) is 11.0. The minimum absolute atomic E-state index is 0.0133. The molecule has 3 rings (SSSR count). The standard InChI is InChI=1S/C26H33F2NO2/c1-16(2)25-20-9-8-19(31-15-21-22(27)10-7-17(3)24(21)28)13-18(20)11-12-29(25)23(30)14-26(4,5)6/h7-10,13,16,25H,11-12,14-15H2,1-6H3. The Bertz CT molecular complexity index is 963. The molecule has 0 radical (unpaired) electrons. The van der Waals surface area contributed by atoms with Crippen molar-refractivity contribution in [3.8, 4) is 5.75 Å². The van der Waals surface area contributed by atoms with E-state index in [1.807, 2.05) is 23.1 Å². The van der Waals surface area contributed by atoms with E-state index in [4.69, 9.17) is 4.74 Å². The van der Waals surface area contributed by atoms with E-state index in [2.05, 4.69) is 34.6 Å². The van der Waals surface area contributed by atoms with E-state index < -0.39 is 11.6 Å². The average Bonchev–Trinajstić information content (AvgIpc) is 2.68. The van der Waals surface area contributed by atoms with Crippen LogP contribution in [0, 0.1) is 29.9 Å². The van der Waals surface area contributed by atoms with Crippen molar-refractivity contribution in [1.29, 1.82) is 0 Å². The second-order valence-corrected chi connectivity index (χ2v) is 10.1. The molecular weight excluding hydrogens is 396 g/mol. The van der Waals surface area contributed by atoms with Gasteiger partial charge in [-0.25, -0.2) is 8.78 Å². The fourth-order valence-electron chi connectivity index (χ4n) is 4.28. The van der Waals surface area contributed by atoms with E-state index in [0.29, 0.717) is 24.3 Å². The van der Waals surface area contributed by atoms with Crippen LogP contribution in [0.5, 0.6) is 5.75 Å². The summed E-state index contributed by atoms with van der Waals surface area (Å²) in [6.07, 6.45) is 1.25. The molecule has 31 heavy (non-hydrogen) atoms. The lowest BCUT2D eigenvalue weighted by Gasteiger charge is -2.41. The highest BCUT2D eigenvalue weighted by molar-refractivity contribution is 5.78. The van der Waals surface area contributed by atoms with Gasteiger partial charge in [0.15, 0.2) is 0 Å². The Balaban J connectivity index is 1.81. The molecule has 0 N–H and O–H groups in total. The molecule has 2 aromatic carbocycles. The molecule has 0 aliphatic carbocycles. The minimum atomic E-state index is -0.603. The first-order chi connectivity index (χ1) is 14.5. The van der Waals surface area contributed by atoms with Crippen molar-refractivity contribution in [3.05, 3.63) is 64.2 Å². The van der Waals surface area contributed by atoms with E-state index in [0.717, 1.165) is 17.5 Å². The van der Waals surface area contributed by atoms with Crippen LogP contribution in [0.3, 0.4) is 0 Å². The smallest absolute Gasteiger partial charge is 0.223 e. The topological polar surface area (TPSA) is 29.5 Å². The van der Waals surface area contributed by atoms with Crippen molar-refractivity contribution in [3.63, 3.8) is 0 Å². The summed E-state index contributed by atoms with van der Waals surface area (Å²) in [4.78, 5) is 15.0. The fourth-order valence-corrected chi connectivity index (χ4v) is 4.28. The SMILES string of the molecule is Cc1ccc(F)c(COc2ccc3c(c2)CCN(C(=O)CC(C)(C)C)C3C(C)C)c1F. The summed E-state index contributed by atoms with van der Waals surface area (Å²) in [5, 5.41) is 0.